The topological polar surface area (TPSA) is 0 Å². The highest BCUT2D eigenvalue weighted by Crippen LogP contribution is 2.29. The molecule has 0 rings (SSSR count). The average Bonchev–Trinajstić information content (AvgIpc) is 2.04. The first-order valence-corrected chi connectivity index (χ1v) is 7.73. The van der Waals surface area contributed by atoms with E-state index < -0.39 is 0 Å². The van der Waals surface area contributed by atoms with Crippen molar-refractivity contribution in [2.45, 2.75) is 16.8 Å². The quantitative estimate of drug-likeness (QED) is 0.476. The second-order valence-electron chi connectivity index (χ2n) is 2.30. The minimum Gasteiger partial charge on any atom is -0.179 e. The van der Waals surface area contributed by atoms with Crippen LogP contribution in [-0.4, -0.2) is 32.8 Å². The molecule has 5 heteroatoms. The first-order chi connectivity index (χ1) is 5.72. The number of hydrogen-bond donors (Lipinski definition) is 3. The molecule has 0 aromatic rings. The van der Waals surface area contributed by atoms with Gasteiger partial charge < -0.3 is 0 Å². The van der Waals surface area contributed by atoms with Gasteiger partial charge in [0, 0.05) is 16.8 Å². The van der Waals surface area contributed by atoms with Crippen LogP contribution in [0.5, 0.6) is 0 Å². The van der Waals surface area contributed by atoms with Crippen LogP contribution in [0.25, 0.3) is 0 Å². The molecule has 1 unspecified atom stereocenters. The van der Waals surface area contributed by atoms with Crippen molar-refractivity contribution in [3.8, 4) is 0 Å². The predicted octanol–water partition coefficient (Wildman–Crippen LogP) is 2.96. The molecule has 0 aromatic carbocycles. The Balaban J connectivity index is 3.55. The highest BCUT2D eigenvalue weighted by molar-refractivity contribution is 8.18. The number of thiol groups is 3. The fourth-order valence-corrected chi connectivity index (χ4v) is 4.01. The highest BCUT2D eigenvalue weighted by atomic mass is 32.2. The van der Waals surface area contributed by atoms with E-state index in [4.69, 9.17) is 0 Å². The third-order valence-electron chi connectivity index (χ3n) is 1.14. The summed E-state index contributed by atoms with van der Waals surface area (Å²) in [6.07, 6.45) is 0. The van der Waals surface area contributed by atoms with Gasteiger partial charge in [0.2, 0.25) is 0 Å². The SMILES string of the molecule is CC(S)C(SCCS)SCCS. The summed E-state index contributed by atoms with van der Waals surface area (Å²) in [6.45, 7) is 2.14. The van der Waals surface area contributed by atoms with Crippen LogP contribution < -0.4 is 0 Å². The second-order valence-corrected chi connectivity index (χ2v) is 6.80. The number of thioether (sulfide) groups is 2. The van der Waals surface area contributed by atoms with Crippen molar-refractivity contribution < 1.29 is 0 Å². The highest BCUT2D eigenvalue weighted by Gasteiger charge is 2.13. The van der Waals surface area contributed by atoms with E-state index in [1.165, 1.54) is 0 Å². The Hall–Kier alpha value is 1.75. The van der Waals surface area contributed by atoms with Crippen molar-refractivity contribution in [2.24, 2.45) is 0 Å². The summed E-state index contributed by atoms with van der Waals surface area (Å²) in [6, 6.07) is 0. The van der Waals surface area contributed by atoms with Gasteiger partial charge >= 0.3 is 0 Å². The molecule has 0 heterocycles. The van der Waals surface area contributed by atoms with Crippen LogP contribution in [0.3, 0.4) is 0 Å². The zero-order valence-corrected chi connectivity index (χ0v) is 11.5. The molecule has 0 saturated carbocycles. The summed E-state index contributed by atoms with van der Waals surface area (Å²) in [5.74, 6) is 4.11. The van der Waals surface area contributed by atoms with Gasteiger partial charge in [-0.3, -0.25) is 0 Å². The van der Waals surface area contributed by atoms with Gasteiger partial charge in [-0.05, 0) is 11.5 Å². The van der Waals surface area contributed by atoms with Gasteiger partial charge in [-0.2, -0.15) is 37.9 Å². The summed E-state index contributed by atoms with van der Waals surface area (Å²) in [7, 11) is 0. The van der Waals surface area contributed by atoms with Crippen LogP contribution in [0.4, 0.5) is 0 Å². The first-order valence-electron chi connectivity index (χ1n) is 3.85. The van der Waals surface area contributed by atoms with Gasteiger partial charge in [-0.1, -0.05) is 6.92 Å². The smallest absolute Gasteiger partial charge is 0.0616 e. The van der Waals surface area contributed by atoms with Crippen LogP contribution in [0, 0.1) is 0 Å². The molecule has 0 spiro atoms. The van der Waals surface area contributed by atoms with Gasteiger partial charge in [-0.25, -0.2) is 0 Å². The maximum Gasteiger partial charge on any atom is 0.0616 e. The third kappa shape index (κ3) is 7.18. The Morgan fingerprint density at radius 3 is 1.75 bits per heavy atom. The molecule has 0 N–H and O–H groups in total. The molecule has 0 aliphatic heterocycles. The monoisotopic (exact) mass is 260 g/mol. The van der Waals surface area contributed by atoms with Crippen molar-refractivity contribution in [1.29, 1.82) is 0 Å². The van der Waals surface area contributed by atoms with Crippen molar-refractivity contribution in [3.05, 3.63) is 0 Å². The molecule has 0 nitrogen and oxygen atoms in total. The lowest BCUT2D eigenvalue weighted by atomic mass is 10.5. The standard InChI is InChI=1S/C7H16S5/c1-6(10)7(11-4-2-8)12-5-3-9/h6-10H,2-5H2,1H3. The van der Waals surface area contributed by atoms with Gasteiger partial charge in [0.15, 0.2) is 0 Å². The maximum absolute atomic E-state index is 4.45. The Morgan fingerprint density at radius 2 is 1.50 bits per heavy atom. The molecule has 0 amide bonds. The zero-order valence-electron chi connectivity index (χ0n) is 7.14. The zero-order chi connectivity index (χ0) is 9.40. The predicted molar refractivity (Wildman–Crippen MR) is 74.9 cm³/mol. The molecule has 0 saturated heterocycles. The molecule has 0 aromatic heterocycles. The summed E-state index contributed by atoms with van der Waals surface area (Å²) in [5, 5.41) is 0.444. The average molecular weight is 261 g/mol. The Labute approximate surface area is 101 Å². The normalized spacial score (nSPS) is 13.8. The number of rotatable bonds is 7. The fraction of sp³-hybridized carbons (Fsp3) is 1.00. The van der Waals surface area contributed by atoms with Gasteiger partial charge in [0.25, 0.3) is 0 Å². The van der Waals surface area contributed by atoms with Crippen LogP contribution in [0.15, 0.2) is 0 Å². The van der Waals surface area contributed by atoms with Crippen molar-refractivity contribution >= 4 is 61.4 Å². The largest absolute Gasteiger partial charge is 0.179 e. The Morgan fingerprint density at radius 1 is 1.08 bits per heavy atom. The molecular formula is C7H16S5. The molecule has 0 fully saturated rings. The van der Waals surface area contributed by atoms with Crippen LogP contribution >= 0.6 is 61.4 Å². The molecule has 0 bridgehead atoms. The lowest BCUT2D eigenvalue weighted by molar-refractivity contribution is 1.09. The van der Waals surface area contributed by atoms with E-state index in [-0.39, 0.29) is 0 Å². The van der Waals surface area contributed by atoms with Crippen molar-refractivity contribution in [1.82, 2.24) is 0 Å². The van der Waals surface area contributed by atoms with E-state index in [9.17, 15) is 0 Å². The molecule has 74 valence electrons. The van der Waals surface area contributed by atoms with Gasteiger partial charge in [-0.15, -0.1) is 23.5 Å². The molecule has 0 aliphatic carbocycles. The van der Waals surface area contributed by atoms with Gasteiger partial charge in [0.05, 0.1) is 4.58 Å². The summed E-state index contributed by atoms with van der Waals surface area (Å²) < 4.78 is 0.590. The van der Waals surface area contributed by atoms with E-state index in [2.05, 4.69) is 44.8 Å². The summed E-state index contributed by atoms with van der Waals surface area (Å²) >= 11 is 16.7. The van der Waals surface area contributed by atoms with Crippen LogP contribution in [-0.2, 0) is 0 Å². The van der Waals surface area contributed by atoms with Crippen LogP contribution in [0.2, 0.25) is 0 Å². The minimum absolute atomic E-state index is 0.444. The number of hydrogen-bond acceptors (Lipinski definition) is 5. The Bertz CT molecular complexity index is 87.8. The maximum atomic E-state index is 4.45. The molecule has 1 atom stereocenters. The van der Waals surface area contributed by atoms with E-state index in [0.717, 1.165) is 23.0 Å². The lowest BCUT2D eigenvalue weighted by Crippen LogP contribution is -2.12. The van der Waals surface area contributed by atoms with E-state index in [0.29, 0.717) is 9.83 Å². The minimum atomic E-state index is 0.444. The molecule has 0 aliphatic rings. The van der Waals surface area contributed by atoms with Crippen LogP contribution in [0.1, 0.15) is 6.92 Å². The first kappa shape index (κ1) is 13.8. The van der Waals surface area contributed by atoms with E-state index in [1.54, 1.807) is 0 Å². The molecule has 0 radical (unpaired) electrons. The van der Waals surface area contributed by atoms with Crippen molar-refractivity contribution in [3.63, 3.8) is 0 Å². The molecular weight excluding hydrogens is 244 g/mol. The lowest BCUT2D eigenvalue weighted by Gasteiger charge is -2.18. The van der Waals surface area contributed by atoms with E-state index >= 15 is 0 Å². The van der Waals surface area contributed by atoms with Crippen molar-refractivity contribution in [2.75, 3.05) is 23.0 Å². The van der Waals surface area contributed by atoms with E-state index in [1.807, 2.05) is 23.5 Å². The summed E-state index contributed by atoms with van der Waals surface area (Å²) in [5.41, 5.74) is 0. The molecule has 12 heavy (non-hydrogen) atoms. The van der Waals surface area contributed by atoms with Gasteiger partial charge in [0.1, 0.15) is 0 Å². The summed E-state index contributed by atoms with van der Waals surface area (Å²) in [4.78, 5) is 0. The Kier molecular flexibility index (Phi) is 10.7. The fourth-order valence-electron chi connectivity index (χ4n) is 0.664. The second kappa shape index (κ2) is 9.31. The third-order valence-corrected chi connectivity index (χ3v) is 6.06.